The van der Waals surface area contributed by atoms with Gasteiger partial charge in [0, 0.05) is 29.1 Å². The minimum Gasteiger partial charge on any atom is -0.481 e. The smallest absolute Gasteiger partial charge is 0.303 e. The summed E-state index contributed by atoms with van der Waals surface area (Å²) in [7, 11) is 0. The normalized spacial score (nSPS) is 10.0. The lowest BCUT2D eigenvalue weighted by Crippen LogP contribution is -2.29. The van der Waals surface area contributed by atoms with E-state index in [1.807, 2.05) is 24.3 Å². The molecule has 0 radical (unpaired) electrons. The molecule has 0 unspecified atom stereocenters. The Hall–Kier alpha value is -1.11. The summed E-state index contributed by atoms with van der Waals surface area (Å²) in [5.74, 6) is -0.910. The number of amides is 1. The second kappa shape index (κ2) is 6.58. The van der Waals surface area contributed by atoms with Gasteiger partial charge in [-0.1, -0.05) is 0 Å². The van der Waals surface area contributed by atoms with Gasteiger partial charge in [-0.05, 0) is 53.3 Å². The summed E-state index contributed by atoms with van der Waals surface area (Å²) in [6, 6.07) is 7.57. The molecule has 1 aromatic rings. The Morgan fingerprint density at radius 2 is 1.88 bits per heavy atom. The first-order chi connectivity index (χ1) is 8.00. The van der Waals surface area contributed by atoms with Gasteiger partial charge in [-0.25, -0.2) is 0 Å². The second-order valence-electron chi connectivity index (χ2n) is 3.64. The van der Waals surface area contributed by atoms with Crippen LogP contribution in [0.25, 0.3) is 0 Å². The van der Waals surface area contributed by atoms with E-state index in [4.69, 9.17) is 5.11 Å². The SMILES string of the molecule is CC(=O)N(CCCC(=O)O)c1ccc(I)cc1. The molecule has 0 bridgehead atoms. The number of nitrogens with zero attached hydrogens (tertiary/aromatic N) is 1. The van der Waals surface area contributed by atoms with Crippen molar-refractivity contribution in [1.29, 1.82) is 0 Å². The molecule has 17 heavy (non-hydrogen) atoms. The highest BCUT2D eigenvalue weighted by Crippen LogP contribution is 2.17. The highest BCUT2D eigenvalue weighted by Gasteiger charge is 2.11. The first kappa shape index (κ1) is 14.0. The van der Waals surface area contributed by atoms with Gasteiger partial charge in [-0.15, -0.1) is 0 Å². The van der Waals surface area contributed by atoms with Crippen LogP contribution in [-0.4, -0.2) is 23.5 Å². The minimum absolute atomic E-state index is 0.0726. The molecule has 0 atom stereocenters. The van der Waals surface area contributed by atoms with Gasteiger partial charge in [0.25, 0.3) is 0 Å². The summed E-state index contributed by atoms with van der Waals surface area (Å²) < 4.78 is 1.10. The highest BCUT2D eigenvalue weighted by molar-refractivity contribution is 14.1. The number of hydrogen-bond donors (Lipinski definition) is 1. The van der Waals surface area contributed by atoms with Gasteiger partial charge < -0.3 is 10.0 Å². The summed E-state index contributed by atoms with van der Waals surface area (Å²) in [5, 5.41) is 8.57. The molecular formula is C12H14INO3. The molecule has 1 rings (SSSR count). The van der Waals surface area contributed by atoms with E-state index in [0.717, 1.165) is 9.26 Å². The van der Waals surface area contributed by atoms with Gasteiger partial charge in [0.15, 0.2) is 0 Å². The molecule has 0 fully saturated rings. The molecule has 0 aromatic heterocycles. The van der Waals surface area contributed by atoms with Crippen molar-refractivity contribution in [3.05, 3.63) is 27.8 Å². The second-order valence-corrected chi connectivity index (χ2v) is 4.89. The fourth-order valence-electron chi connectivity index (χ4n) is 1.48. The molecule has 0 saturated carbocycles. The van der Waals surface area contributed by atoms with Crippen LogP contribution in [0.4, 0.5) is 5.69 Å². The zero-order valence-electron chi connectivity index (χ0n) is 9.52. The average molecular weight is 347 g/mol. The molecule has 0 aliphatic rings. The van der Waals surface area contributed by atoms with Crippen LogP contribution in [0.15, 0.2) is 24.3 Å². The lowest BCUT2D eigenvalue weighted by Gasteiger charge is -2.20. The molecule has 0 saturated heterocycles. The number of hydrogen-bond acceptors (Lipinski definition) is 2. The van der Waals surface area contributed by atoms with Crippen LogP contribution in [0.3, 0.4) is 0 Å². The van der Waals surface area contributed by atoms with Crippen LogP contribution in [0.5, 0.6) is 0 Å². The largest absolute Gasteiger partial charge is 0.481 e. The number of benzene rings is 1. The Kier molecular flexibility index (Phi) is 5.40. The maximum Gasteiger partial charge on any atom is 0.303 e. The van der Waals surface area contributed by atoms with E-state index in [1.54, 1.807) is 4.90 Å². The molecule has 4 nitrogen and oxygen atoms in total. The maximum atomic E-state index is 11.5. The highest BCUT2D eigenvalue weighted by atomic mass is 127. The third-order valence-electron chi connectivity index (χ3n) is 2.29. The van der Waals surface area contributed by atoms with Crippen molar-refractivity contribution in [1.82, 2.24) is 0 Å². The van der Waals surface area contributed by atoms with Crippen molar-refractivity contribution in [2.75, 3.05) is 11.4 Å². The first-order valence-electron chi connectivity index (χ1n) is 5.26. The lowest BCUT2D eigenvalue weighted by molar-refractivity contribution is -0.137. The van der Waals surface area contributed by atoms with E-state index in [0.29, 0.717) is 13.0 Å². The molecule has 1 N–H and O–H groups in total. The fourth-order valence-corrected chi connectivity index (χ4v) is 1.84. The quantitative estimate of drug-likeness (QED) is 0.833. The lowest BCUT2D eigenvalue weighted by atomic mass is 10.2. The Balaban J connectivity index is 2.69. The first-order valence-corrected chi connectivity index (χ1v) is 6.34. The predicted octanol–water partition coefficient (Wildman–Crippen LogP) is 2.51. The van der Waals surface area contributed by atoms with E-state index < -0.39 is 5.97 Å². The zero-order chi connectivity index (χ0) is 12.8. The summed E-state index contributed by atoms with van der Waals surface area (Å²) in [5.41, 5.74) is 0.809. The van der Waals surface area contributed by atoms with Gasteiger partial charge in [-0.3, -0.25) is 9.59 Å². The number of carbonyl (C=O) groups excluding carboxylic acids is 1. The monoisotopic (exact) mass is 347 g/mol. The number of rotatable bonds is 5. The van der Waals surface area contributed by atoms with E-state index >= 15 is 0 Å². The van der Waals surface area contributed by atoms with Crippen LogP contribution in [0.2, 0.25) is 0 Å². The number of carboxylic acid groups (broad SMARTS) is 1. The third kappa shape index (κ3) is 4.72. The van der Waals surface area contributed by atoms with Gasteiger partial charge in [0.1, 0.15) is 0 Å². The fraction of sp³-hybridized carbons (Fsp3) is 0.333. The van der Waals surface area contributed by atoms with E-state index in [-0.39, 0.29) is 12.3 Å². The topological polar surface area (TPSA) is 57.6 Å². The van der Waals surface area contributed by atoms with Crippen molar-refractivity contribution < 1.29 is 14.7 Å². The van der Waals surface area contributed by atoms with Crippen molar-refractivity contribution >= 4 is 40.2 Å². The third-order valence-corrected chi connectivity index (χ3v) is 3.01. The van der Waals surface area contributed by atoms with Gasteiger partial charge in [0.05, 0.1) is 0 Å². The number of anilines is 1. The number of aliphatic carboxylic acids is 1. The summed E-state index contributed by atoms with van der Waals surface area (Å²) >= 11 is 2.19. The van der Waals surface area contributed by atoms with E-state index in [9.17, 15) is 9.59 Å². The van der Waals surface area contributed by atoms with Crippen molar-refractivity contribution in [3.8, 4) is 0 Å². The Bertz CT molecular complexity index is 403. The van der Waals surface area contributed by atoms with Gasteiger partial charge in [0.2, 0.25) is 5.91 Å². The molecule has 1 aromatic carbocycles. The molecule has 0 aliphatic carbocycles. The molecule has 0 spiro atoms. The summed E-state index contributed by atoms with van der Waals surface area (Å²) in [6.07, 6.45) is 0.537. The molecular weight excluding hydrogens is 333 g/mol. The van der Waals surface area contributed by atoms with Crippen LogP contribution >= 0.6 is 22.6 Å². The molecule has 1 amide bonds. The van der Waals surface area contributed by atoms with Crippen molar-refractivity contribution in [3.63, 3.8) is 0 Å². The van der Waals surface area contributed by atoms with E-state index in [1.165, 1.54) is 6.92 Å². The minimum atomic E-state index is -0.837. The van der Waals surface area contributed by atoms with Crippen LogP contribution in [-0.2, 0) is 9.59 Å². The average Bonchev–Trinajstić information content (AvgIpc) is 2.25. The Morgan fingerprint density at radius 3 is 2.35 bits per heavy atom. The van der Waals surface area contributed by atoms with Crippen LogP contribution < -0.4 is 4.90 Å². The Morgan fingerprint density at radius 1 is 1.29 bits per heavy atom. The summed E-state index contributed by atoms with van der Waals surface area (Å²) in [6.45, 7) is 1.92. The molecule has 5 heteroatoms. The zero-order valence-corrected chi connectivity index (χ0v) is 11.7. The van der Waals surface area contributed by atoms with E-state index in [2.05, 4.69) is 22.6 Å². The van der Waals surface area contributed by atoms with Gasteiger partial charge in [-0.2, -0.15) is 0 Å². The number of halogens is 1. The van der Waals surface area contributed by atoms with Gasteiger partial charge >= 0.3 is 5.97 Å². The molecule has 92 valence electrons. The molecule has 0 heterocycles. The maximum absolute atomic E-state index is 11.5. The van der Waals surface area contributed by atoms with Crippen molar-refractivity contribution in [2.45, 2.75) is 19.8 Å². The Labute approximate surface area is 114 Å². The standard InChI is InChI=1S/C12H14INO3/c1-9(15)14(8-2-3-12(16)17)11-6-4-10(13)5-7-11/h4-7H,2-3,8H2,1H3,(H,16,17). The predicted molar refractivity (Wildman–Crippen MR) is 74.1 cm³/mol. The van der Waals surface area contributed by atoms with Crippen LogP contribution in [0, 0.1) is 3.57 Å². The summed E-state index contributed by atoms with van der Waals surface area (Å²) in [4.78, 5) is 23.5. The van der Waals surface area contributed by atoms with Crippen LogP contribution in [0.1, 0.15) is 19.8 Å². The molecule has 0 aliphatic heterocycles. The number of carboxylic acids is 1. The van der Waals surface area contributed by atoms with Crippen molar-refractivity contribution in [2.24, 2.45) is 0 Å². The number of carbonyl (C=O) groups is 2.